The number of halogens is 2. The van der Waals surface area contributed by atoms with Crippen molar-refractivity contribution in [2.75, 3.05) is 0 Å². The second-order valence-electron chi connectivity index (χ2n) is 2.80. The van der Waals surface area contributed by atoms with Gasteiger partial charge >= 0.3 is 0 Å². The molecule has 0 N–H and O–H groups in total. The maximum absolute atomic E-state index is 13.2. The Morgan fingerprint density at radius 3 is 2.38 bits per heavy atom. The van der Waals surface area contributed by atoms with Gasteiger partial charge in [-0.25, -0.2) is 8.78 Å². The van der Waals surface area contributed by atoms with Gasteiger partial charge in [0.05, 0.1) is 0 Å². The summed E-state index contributed by atoms with van der Waals surface area (Å²) in [6.07, 6.45) is 0. The molecule has 0 nitrogen and oxygen atoms in total. The van der Waals surface area contributed by atoms with Crippen molar-refractivity contribution >= 4 is 10.8 Å². The van der Waals surface area contributed by atoms with E-state index in [0.717, 1.165) is 0 Å². The molecule has 0 aliphatic heterocycles. The van der Waals surface area contributed by atoms with Gasteiger partial charge in [0, 0.05) is 10.8 Å². The zero-order valence-electron chi connectivity index (χ0n) is 6.72. The monoisotopic (exact) mass is 176 g/mol. The zero-order valence-corrected chi connectivity index (χ0v) is 6.72. The van der Waals surface area contributed by atoms with Gasteiger partial charge in [0.25, 0.3) is 0 Å². The second kappa shape index (κ2) is 2.80. The highest BCUT2D eigenvalue weighted by atomic mass is 19.1. The summed E-state index contributed by atoms with van der Waals surface area (Å²) in [6.45, 7) is 5.52. The summed E-state index contributed by atoms with van der Waals surface area (Å²) in [5.41, 5.74) is 0.259. The number of benzene rings is 2. The molecule has 0 atom stereocenters. The van der Waals surface area contributed by atoms with Crippen LogP contribution in [0.4, 0.5) is 8.78 Å². The highest BCUT2D eigenvalue weighted by Gasteiger charge is 2.06. The van der Waals surface area contributed by atoms with Gasteiger partial charge in [-0.2, -0.15) is 0 Å². The average molecular weight is 176 g/mol. The predicted octanol–water partition coefficient (Wildman–Crippen LogP) is 3.18. The zero-order chi connectivity index (χ0) is 9.42. The van der Waals surface area contributed by atoms with E-state index in [0.29, 0.717) is 0 Å². The van der Waals surface area contributed by atoms with Crippen molar-refractivity contribution in [3.05, 3.63) is 54.5 Å². The van der Waals surface area contributed by atoms with Crippen LogP contribution in [0.3, 0.4) is 0 Å². The first-order valence-corrected chi connectivity index (χ1v) is 3.82. The van der Waals surface area contributed by atoms with Crippen LogP contribution in [0.2, 0.25) is 0 Å². The van der Waals surface area contributed by atoms with Crippen LogP contribution in [0.1, 0.15) is 5.56 Å². The highest BCUT2D eigenvalue weighted by molar-refractivity contribution is 5.87. The largest absolute Gasteiger partial charge is 0.206 e. The van der Waals surface area contributed by atoms with E-state index in [4.69, 9.17) is 6.92 Å². The van der Waals surface area contributed by atoms with Gasteiger partial charge in [0.1, 0.15) is 11.6 Å². The molecule has 0 fully saturated rings. The summed E-state index contributed by atoms with van der Waals surface area (Å²) < 4.78 is 26.3. The van der Waals surface area contributed by atoms with E-state index in [1.54, 1.807) is 0 Å². The summed E-state index contributed by atoms with van der Waals surface area (Å²) in [5, 5.41) is 0.377. The molecule has 2 heteroatoms. The molecule has 2 aromatic rings. The second-order valence-corrected chi connectivity index (χ2v) is 2.80. The molecule has 2 rings (SSSR count). The van der Waals surface area contributed by atoms with Gasteiger partial charge in [0.15, 0.2) is 0 Å². The fourth-order valence-corrected chi connectivity index (χ4v) is 1.35. The summed E-state index contributed by atoms with van der Waals surface area (Å²) in [4.78, 5) is 0. The van der Waals surface area contributed by atoms with E-state index in [1.807, 2.05) is 0 Å². The Bertz CT molecular complexity index is 453. The van der Waals surface area contributed by atoms with E-state index in [1.165, 1.54) is 30.3 Å². The van der Waals surface area contributed by atoms with Gasteiger partial charge in [-0.1, -0.05) is 18.2 Å². The van der Waals surface area contributed by atoms with Gasteiger partial charge < -0.3 is 0 Å². The van der Waals surface area contributed by atoms with E-state index < -0.39 is 11.6 Å². The van der Waals surface area contributed by atoms with Crippen molar-refractivity contribution in [1.29, 1.82) is 0 Å². The van der Waals surface area contributed by atoms with Crippen LogP contribution in [-0.4, -0.2) is 0 Å². The minimum Gasteiger partial charge on any atom is -0.206 e. The molecule has 0 aliphatic rings. The first-order chi connectivity index (χ1) is 6.20. The first kappa shape index (κ1) is 8.17. The first-order valence-electron chi connectivity index (χ1n) is 3.82. The van der Waals surface area contributed by atoms with Crippen LogP contribution in [0.25, 0.3) is 10.8 Å². The van der Waals surface area contributed by atoms with E-state index >= 15 is 0 Å². The Labute approximate surface area is 74.8 Å². The van der Waals surface area contributed by atoms with Gasteiger partial charge in [-0.05, 0) is 24.6 Å². The number of hydrogen-bond acceptors (Lipinski definition) is 0. The molecule has 0 unspecified atom stereocenters. The topological polar surface area (TPSA) is 0 Å². The van der Waals surface area contributed by atoms with Crippen LogP contribution >= 0.6 is 0 Å². The fourth-order valence-electron chi connectivity index (χ4n) is 1.35. The van der Waals surface area contributed by atoms with Crippen LogP contribution in [0.15, 0.2) is 30.3 Å². The third-order valence-electron chi connectivity index (χ3n) is 1.97. The van der Waals surface area contributed by atoms with E-state index in [-0.39, 0.29) is 16.3 Å². The fraction of sp³-hybridized carbons (Fsp3) is 0. The highest BCUT2D eigenvalue weighted by Crippen LogP contribution is 2.23. The van der Waals surface area contributed by atoms with Crippen LogP contribution in [0, 0.1) is 18.6 Å². The Morgan fingerprint density at radius 2 is 1.69 bits per heavy atom. The summed E-state index contributed by atoms with van der Waals surface area (Å²) in [5.74, 6) is -0.946. The molecule has 0 spiro atoms. The molecule has 0 aromatic heterocycles. The Kier molecular flexibility index (Phi) is 1.76. The molecule has 0 aliphatic carbocycles. The lowest BCUT2D eigenvalue weighted by atomic mass is 10.0. The number of hydrogen-bond donors (Lipinski definition) is 0. The standard InChI is InChI=1S/C11H6F2/c1-7-5-6-9(12)8-3-2-4-10(13)11(7)8/h1-6H. The van der Waals surface area contributed by atoms with Crippen molar-refractivity contribution in [3.63, 3.8) is 0 Å². The lowest BCUT2D eigenvalue weighted by molar-refractivity contribution is 0.628. The third kappa shape index (κ3) is 1.18. The molecule has 2 aromatic carbocycles. The average Bonchev–Trinajstić information content (AvgIpc) is 2.12. The maximum Gasteiger partial charge on any atom is 0.131 e. The SMILES string of the molecule is [CH]c1ccc(F)c2cccc(F)c12. The normalized spacial score (nSPS) is 10.7. The Hall–Kier alpha value is -1.44. The number of rotatable bonds is 0. The van der Waals surface area contributed by atoms with Gasteiger partial charge in [-0.15, -0.1) is 0 Å². The van der Waals surface area contributed by atoms with Crippen molar-refractivity contribution in [3.8, 4) is 0 Å². The van der Waals surface area contributed by atoms with E-state index in [9.17, 15) is 8.78 Å². The molecular formula is C11H6F2. The summed E-state index contributed by atoms with van der Waals surface area (Å²) in [7, 11) is 0. The summed E-state index contributed by atoms with van der Waals surface area (Å²) >= 11 is 0. The van der Waals surface area contributed by atoms with Crippen LogP contribution in [-0.2, 0) is 0 Å². The molecule has 0 saturated carbocycles. The quantitative estimate of drug-likeness (QED) is 0.578. The molecule has 0 bridgehead atoms. The maximum atomic E-state index is 13.2. The van der Waals surface area contributed by atoms with Crippen molar-refractivity contribution in [1.82, 2.24) is 0 Å². The molecule has 2 radical (unpaired) electrons. The van der Waals surface area contributed by atoms with Crippen molar-refractivity contribution < 1.29 is 8.78 Å². The van der Waals surface area contributed by atoms with Gasteiger partial charge in [0.2, 0.25) is 0 Å². The van der Waals surface area contributed by atoms with Gasteiger partial charge in [-0.3, -0.25) is 0 Å². The molecule has 0 saturated heterocycles. The minimum atomic E-state index is -0.491. The minimum absolute atomic E-state index is 0.155. The molecule has 13 heavy (non-hydrogen) atoms. The van der Waals surface area contributed by atoms with Crippen LogP contribution < -0.4 is 0 Å². The lowest BCUT2D eigenvalue weighted by Crippen LogP contribution is -1.86. The molecule has 0 amide bonds. The van der Waals surface area contributed by atoms with Crippen LogP contribution in [0.5, 0.6) is 0 Å². The van der Waals surface area contributed by atoms with E-state index in [2.05, 4.69) is 0 Å². The molecule has 64 valence electrons. The Morgan fingerprint density at radius 1 is 0.923 bits per heavy atom. The smallest absolute Gasteiger partial charge is 0.131 e. The van der Waals surface area contributed by atoms with Crippen molar-refractivity contribution in [2.45, 2.75) is 0 Å². The predicted molar refractivity (Wildman–Crippen MR) is 47.3 cm³/mol. The lowest BCUT2D eigenvalue weighted by Gasteiger charge is -2.03. The third-order valence-corrected chi connectivity index (χ3v) is 1.97. The Balaban J connectivity index is 3.00. The summed E-state index contributed by atoms with van der Waals surface area (Å²) in [6, 6.07) is 6.82. The number of fused-ring (bicyclic) bond motifs is 1. The molecular weight excluding hydrogens is 170 g/mol. The van der Waals surface area contributed by atoms with Crippen molar-refractivity contribution in [2.24, 2.45) is 0 Å². The molecule has 0 heterocycles.